The molecule has 3 rings (SSSR count). The molecule has 3 amide bonds. The molecule has 1 unspecified atom stereocenters. The molecule has 0 aliphatic carbocycles. The fourth-order valence-electron chi connectivity index (χ4n) is 2.67. The Kier molecular flexibility index (Phi) is 5.78. The van der Waals surface area contributed by atoms with Gasteiger partial charge in [0.15, 0.2) is 0 Å². The molecule has 26 heavy (non-hydrogen) atoms. The van der Waals surface area contributed by atoms with Crippen LogP contribution in [0.3, 0.4) is 0 Å². The van der Waals surface area contributed by atoms with Gasteiger partial charge in [0.1, 0.15) is 0 Å². The summed E-state index contributed by atoms with van der Waals surface area (Å²) in [6.45, 7) is 2.11. The second kappa shape index (κ2) is 8.05. The van der Waals surface area contributed by atoms with E-state index in [1.54, 1.807) is 24.3 Å². The van der Waals surface area contributed by atoms with Gasteiger partial charge < -0.3 is 5.32 Å². The predicted molar refractivity (Wildman–Crippen MR) is 105 cm³/mol. The lowest BCUT2D eigenvalue weighted by Crippen LogP contribution is -2.29. The number of nitrogens with one attached hydrogen (secondary N) is 1. The highest BCUT2D eigenvalue weighted by Crippen LogP contribution is 2.22. The smallest absolute Gasteiger partial charge is 0.289 e. The standard InChI is InChI=1S/C19H17BrN2O3S/c1-12(14-5-3-7-16(20)9-14)21-18(24)15-6-2-4-13(8-15)10-22-17(23)11-26-19(22)25/h2-9,12H,10-11H2,1H3,(H,21,24). The van der Waals surface area contributed by atoms with Gasteiger partial charge in [0.05, 0.1) is 18.3 Å². The normalized spacial score (nSPS) is 15.2. The van der Waals surface area contributed by atoms with Crippen molar-refractivity contribution in [3.05, 3.63) is 69.7 Å². The number of carbonyl (C=O) groups excluding carboxylic acids is 3. The number of thioether (sulfide) groups is 1. The molecule has 1 saturated heterocycles. The number of carbonyl (C=O) groups is 3. The number of halogens is 1. The lowest BCUT2D eigenvalue weighted by Gasteiger charge is -2.16. The van der Waals surface area contributed by atoms with Gasteiger partial charge in [-0.3, -0.25) is 19.3 Å². The van der Waals surface area contributed by atoms with E-state index in [1.165, 1.54) is 4.90 Å². The van der Waals surface area contributed by atoms with Crippen LogP contribution in [0, 0.1) is 0 Å². The summed E-state index contributed by atoms with van der Waals surface area (Å²) in [5.74, 6) is -0.214. The molecule has 2 aromatic rings. The largest absolute Gasteiger partial charge is 0.346 e. The highest BCUT2D eigenvalue weighted by molar-refractivity contribution is 9.10. The minimum absolute atomic E-state index is 0.151. The fourth-order valence-corrected chi connectivity index (χ4v) is 3.81. The van der Waals surface area contributed by atoms with Crippen molar-refractivity contribution in [2.24, 2.45) is 0 Å². The Morgan fingerprint density at radius 3 is 2.69 bits per heavy atom. The molecule has 0 radical (unpaired) electrons. The number of amides is 3. The molecule has 1 heterocycles. The molecule has 0 aromatic heterocycles. The van der Waals surface area contributed by atoms with E-state index < -0.39 is 0 Å². The number of hydrogen-bond donors (Lipinski definition) is 1. The minimum Gasteiger partial charge on any atom is -0.346 e. The Balaban J connectivity index is 1.70. The molecule has 1 fully saturated rings. The lowest BCUT2D eigenvalue weighted by molar-refractivity contribution is -0.125. The van der Waals surface area contributed by atoms with E-state index in [0.717, 1.165) is 27.4 Å². The highest BCUT2D eigenvalue weighted by Gasteiger charge is 2.29. The van der Waals surface area contributed by atoms with Crippen molar-refractivity contribution >= 4 is 44.7 Å². The molecule has 5 nitrogen and oxygen atoms in total. The topological polar surface area (TPSA) is 66.5 Å². The Morgan fingerprint density at radius 2 is 2.00 bits per heavy atom. The first kappa shape index (κ1) is 18.7. The van der Waals surface area contributed by atoms with E-state index in [4.69, 9.17) is 0 Å². The zero-order valence-electron chi connectivity index (χ0n) is 14.1. The highest BCUT2D eigenvalue weighted by atomic mass is 79.9. The Morgan fingerprint density at radius 1 is 1.23 bits per heavy atom. The van der Waals surface area contributed by atoms with Gasteiger partial charge in [0, 0.05) is 10.0 Å². The quantitative estimate of drug-likeness (QED) is 0.770. The van der Waals surface area contributed by atoms with Crippen LogP contribution in [0.5, 0.6) is 0 Å². The number of rotatable bonds is 5. The predicted octanol–water partition coefficient (Wildman–Crippen LogP) is 4.14. The number of imide groups is 1. The third-order valence-electron chi connectivity index (χ3n) is 4.07. The summed E-state index contributed by atoms with van der Waals surface area (Å²) >= 11 is 4.43. The SMILES string of the molecule is CC(NC(=O)c1cccc(CN2C(=O)CSC2=O)c1)c1cccc(Br)c1. The summed E-state index contributed by atoms with van der Waals surface area (Å²) in [6.07, 6.45) is 0. The zero-order valence-corrected chi connectivity index (χ0v) is 16.5. The zero-order chi connectivity index (χ0) is 18.7. The Labute approximate surface area is 164 Å². The lowest BCUT2D eigenvalue weighted by atomic mass is 10.1. The molecule has 1 atom stereocenters. The summed E-state index contributed by atoms with van der Waals surface area (Å²) in [4.78, 5) is 37.2. The van der Waals surface area contributed by atoms with Gasteiger partial charge >= 0.3 is 0 Å². The molecule has 7 heteroatoms. The second-order valence-electron chi connectivity index (χ2n) is 5.98. The average molecular weight is 433 g/mol. The fraction of sp³-hybridized carbons (Fsp3) is 0.211. The van der Waals surface area contributed by atoms with Crippen molar-refractivity contribution in [3.8, 4) is 0 Å². The third kappa shape index (κ3) is 4.34. The Bertz CT molecular complexity index is 855. The van der Waals surface area contributed by atoms with Gasteiger partial charge in [-0.15, -0.1) is 0 Å². The van der Waals surface area contributed by atoms with E-state index >= 15 is 0 Å². The summed E-state index contributed by atoms with van der Waals surface area (Å²) in [7, 11) is 0. The van der Waals surface area contributed by atoms with Crippen LogP contribution in [-0.4, -0.2) is 27.7 Å². The molecule has 1 aliphatic heterocycles. The van der Waals surface area contributed by atoms with E-state index in [2.05, 4.69) is 21.2 Å². The van der Waals surface area contributed by atoms with Crippen LogP contribution < -0.4 is 5.32 Å². The minimum atomic E-state index is -0.242. The van der Waals surface area contributed by atoms with Crippen LogP contribution in [0.15, 0.2) is 53.0 Å². The molecule has 134 valence electrons. The molecule has 0 saturated carbocycles. The van der Waals surface area contributed by atoms with Crippen molar-refractivity contribution < 1.29 is 14.4 Å². The van der Waals surface area contributed by atoms with Crippen LogP contribution in [0.1, 0.15) is 34.5 Å². The Hall–Kier alpha value is -2.12. The van der Waals surface area contributed by atoms with E-state index in [9.17, 15) is 14.4 Å². The van der Waals surface area contributed by atoms with E-state index in [1.807, 2.05) is 31.2 Å². The molecular formula is C19H17BrN2O3S. The maximum atomic E-state index is 12.6. The summed E-state index contributed by atoms with van der Waals surface area (Å²) in [5.41, 5.74) is 2.24. The molecule has 0 spiro atoms. The maximum absolute atomic E-state index is 12.6. The van der Waals surface area contributed by atoms with Gasteiger partial charge in [0.2, 0.25) is 5.91 Å². The van der Waals surface area contributed by atoms with Crippen molar-refractivity contribution in [2.75, 3.05) is 5.75 Å². The van der Waals surface area contributed by atoms with Gasteiger partial charge in [-0.2, -0.15) is 0 Å². The first-order valence-electron chi connectivity index (χ1n) is 8.06. The van der Waals surface area contributed by atoms with Crippen LogP contribution in [-0.2, 0) is 11.3 Å². The average Bonchev–Trinajstić information content (AvgIpc) is 2.94. The van der Waals surface area contributed by atoms with Crippen molar-refractivity contribution in [1.29, 1.82) is 0 Å². The maximum Gasteiger partial charge on any atom is 0.289 e. The van der Waals surface area contributed by atoms with Crippen LogP contribution in [0.25, 0.3) is 0 Å². The van der Waals surface area contributed by atoms with Gasteiger partial charge in [-0.25, -0.2) is 0 Å². The molecular weight excluding hydrogens is 416 g/mol. The molecule has 0 bridgehead atoms. The van der Waals surface area contributed by atoms with Gasteiger partial charge in [-0.05, 0) is 42.3 Å². The summed E-state index contributed by atoms with van der Waals surface area (Å²) in [6, 6.07) is 14.6. The second-order valence-corrected chi connectivity index (χ2v) is 7.83. The number of hydrogen-bond acceptors (Lipinski definition) is 4. The summed E-state index contributed by atoms with van der Waals surface area (Å²) < 4.78 is 0.955. The van der Waals surface area contributed by atoms with E-state index in [-0.39, 0.29) is 35.4 Å². The van der Waals surface area contributed by atoms with Crippen LogP contribution in [0.2, 0.25) is 0 Å². The van der Waals surface area contributed by atoms with Gasteiger partial charge in [0.25, 0.3) is 11.1 Å². The molecule has 1 N–H and O–H groups in total. The first-order valence-corrected chi connectivity index (χ1v) is 9.84. The first-order chi connectivity index (χ1) is 12.4. The van der Waals surface area contributed by atoms with Gasteiger partial charge in [-0.1, -0.05) is 52.0 Å². The van der Waals surface area contributed by atoms with Crippen LogP contribution >= 0.6 is 27.7 Å². The van der Waals surface area contributed by atoms with Crippen molar-refractivity contribution in [2.45, 2.75) is 19.5 Å². The van der Waals surface area contributed by atoms with Crippen molar-refractivity contribution in [1.82, 2.24) is 10.2 Å². The van der Waals surface area contributed by atoms with Crippen molar-refractivity contribution in [3.63, 3.8) is 0 Å². The number of nitrogens with zero attached hydrogens (tertiary/aromatic N) is 1. The molecule has 2 aromatic carbocycles. The third-order valence-corrected chi connectivity index (χ3v) is 5.42. The number of benzene rings is 2. The monoisotopic (exact) mass is 432 g/mol. The van der Waals surface area contributed by atoms with E-state index in [0.29, 0.717) is 5.56 Å². The summed E-state index contributed by atoms with van der Waals surface area (Å²) in [5, 5.41) is 2.72. The van der Waals surface area contributed by atoms with Crippen LogP contribution in [0.4, 0.5) is 4.79 Å². The molecule has 1 aliphatic rings.